The minimum absolute atomic E-state index is 0.111. The van der Waals surface area contributed by atoms with E-state index in [0.717, 1.165) is 36.2 Å². The van der Waals surface area contributed by atoms with Gasteiger partial charge in [0, 0.05) is 10.9 Å². The number of aromatic nitrogens is 1. The van der Waals surface area contributed by atoms with Crippen LogP contribution >= 0.6 is 0 Å². The Labute approximate surface area is 218 Å². The molecule has 0 atom stereocenters. The Balaban J connectivity index is 1.43. The fourth-order valence-corrected chi connectivity index (χ4v) is 4.28. The zero-order chi connectivity index (χ0) is 27.1. The molecule has 1 aromatic heterocycles. The Bertz CT molecular complexity index is 1350. The van der Waals surface area contributed by atoms with Crippen molar-refractivity contribution < 1.29 is 31.4 Å². The van der Waals surface area contributed by atoms with Crippen molar-refractivity contribution in [3.8, 4) is 22.8 Å². The summed E-state index contributed by atoms with van der Waals surface area (Å²) in [7, 11) is 0. The predicted molar refractivity (Wildman–Crippen MR) is 137 cm³/mol. The van der Waals surface area contributed by atoms with Crippen molar-refractivity contribution in [1.29, 1.82) is 0 Å². The number of hydrogen-bond donors (Lipinski definition) is 0. The monoisotopic (exact) mass is 529 g/mol. The molecule has 0 aliphatic rings. The molecule has 0 radical (unpaired) electrons. The zero-order valence-corrected chi connectivity index (χ0v) is 21.0. The van der Waals surface area contributed by atoms with Gasteiger partial charge in [0.25, 0.3) is 0 Å². The lowest BCUT2D eigenvalue weighted by molar-refractivity contribution is -0.0546. The lowest BCUT2D eigenvalue weighted by atomic mass is 9.98. The number of hydrogen-bond acceptors (Lipinski definition) is 3. The third kappa shape index (κ3) is 6.79. The molecule has 1 heterocycles. The van der Waals surface area contributed by atoms with Crippen molar-refractivity contribution >= 4 is 10.8 Å². The van der Waals surface area contributed by atoms with Gasteiger partial charge in [-0.1, -0.05) is 50.5 Å². The fourth-order valence-electron chi connectivity index (χ4n) is 4.28. The summed E-state index contributed by atoms with van der Waals surface area (Å²) in [5.74, 6) is -3.31. The van der Waals surface area contributed by atoms with Crippen LogP contribution in [-0.2, 0) is 12.8 Å². The normalized spacial score (nSPS) is 11.3. The minimum Gasteiger partial charge on any atom is -0.492 e. The van der Waals surface area contributed by atoms with E-state index in [4.69, 9.17) is 4.74 Å². The molecular formula is C30H28F5NO2. The van der Waals surface area contributed by atoms with E-state index in [9.17, 15) is 17.6 Å². The molecule has 0 saturated heterocycles. The Kier molecular flexibility index (Phi) is 9.15. The summed E-state index contributed by atoms with van der Waals surface area (Å²) in [5, 5.41) is 1.10. The van der Waals surface area contributed by atoms with E-state index in [1.54, 1.807) is 30.5 Å². The van der Waals surface area contributed by atoms with E-state index in [2.05, 4.69) is 16.6 Å². The number of aryl methyl sites for hydroxylation is 2. The van der Waals surface area contributed by atoms with Crippen LogP contribution < -0.4 is 9.47 Å². The van der Waals surface area contributed by atoms with E-state index < -0.39 is 29.8 Å². The maximum absolute atomic E-state index is 15.2. The van der Waals surface area contributed by atoms with Crippen LogP contribution in [0.1, 0.15) is 43.7 Å². The first kappa shape index (κ1) is 27.4. The molecule has 4 rings (SSSR count). The second-order valence-corrected chi connectivity index (χ2v) is 9.03. The molecule has 0 N–H and O–H groups in total. The molecule has 38 heavy (non-hydrogen) atoms. The molecule has 0 bridgehead atoms. The minimum atomic E-state index is -3.34. The van der Waals surface area contributed by atoms with Gasteiger partial charge in [0.1, 0.15) is 11.6 Å². The average molecular weight is 530 g/mol. The quantitative estimate of drug-likeness (QED) is 0.136. The van der Waals surface area contributed by atoms with Gasteiger partial charge in [-0.15, -0.1) is 0 Å². The molecule has 0 amide bonds. The molecule has 8 heteroatoms. The first-order chi connectivity index (χ1) is 18.4. The van der Waals surface area contributed by atoms with Crippen LogP contribution in [0.3, 0.4) is 0 Å². The molecule has 4 aromatic rings. The first-order valence-corrected chi connectivity index (χ1v) is 12.6. The van der Waals surface area contributed by atoms with Crippen molar-refractivity contribution in [1.82, 2.24) is 4.98 Å². The zero-order valence-electron chi connectivity index (χ0n) is 21.0. The summed E-state index contributed by atoms with van der Waals surface area (Å²) in [5.41, 5.74) is 2.14. The number of ether oxygens (including phenoxy) is 2. The molecule has 0 saturated carbocycles. The number of alkyl halides is 2. The van der Waals surface area contributed by atoms with Crippen LogP contribution in [0.2, 0.25) is 0 Å². The van der Waals surface area contributed by atoms with Crippen LogP contribution in [0.5, 0.6) is 11.5 Å². The topological polar surface area (TPSA) is 31.4 Å². The third-order valence-corrected chi connectivity index (χ3v) is 6.28. The van der Waals surface area contributed by atoms with Gasteiger partial charge in [-0.05, 0) is 66.1 Å². The number of halogens is 5. The van der Waals surface area contributed by atoms with Gasteiger partial charge in [-0.2, -0.15) is 8.78 Å². The van der Waals surface area contributed by atoms with Crippen LogP contribution in [0.15, 0.2) is 60.8 Å². The number of unbranched alkanes of at least 4 members (excludes halogenated alkanes) is 3. The highest BCUT2D eigenvalue weighted by atomic mass is 19.3. The molecule has 3 aromatic carbocycles. The smallest absolute Gasteiger partial charge is 0.387 e. The van der Waals surface area contributed by atoms with Crippen LogP contribution in [0.4, 0.5) is 22.0 Å². The fraction of sp³-hybridized carbons (Fsp3) is 0.300. The summed E-state index contributed by atoms with van der Waals surface area (Å²) < 4.78 is 77.5. The molecule has 0 aliphatic carbocycles. The number of rotatable bonds is 12. The van der Waals surface area contributed by atoms with Gasteiger partial charge in [0.2, 0.25) is 0 Å². The molecule has 0 spiro atoms. The number of benzene rings is 3. The molecule has 3 nitrogen and oxygen atoms in total. The summed E-state index contributed by atoms with van der Waals surface area (Å²) in [4.78, 5) is 4.48. The van der Waals surface area contributed by atoms with Crippen LogP contribution in [0.25, 0.3) is 22.0 Å². The highest BCUT2D eigenvalue weighted by Crippen LogP contribution is 2.29. The molecule has 0 fully saturated rings. The van der Waals surface area contributed by atoms with Crippen molar-refractivity contribution in [3.05, 3.63) is 89.4 Å². The summed E-state index contributed by atoms with van der Waals surface area (Å²) in [6, 6.07) is 14.3. The van der Waals surface area contributed by atoms with Crippen molar-refractivity contribution in [3.63, 3.8) is 0 Å². The molecule has 0 unspecified atom stereocenters. The lowest BCUT2D eigenvalue weighted by Gasteiger charge is -2.11. The van der Waals surface area contributed by atoms with Gasteiger partial charge in [0.05, 0.1) is 18.5 Å². The van der Waals surface area contributed by atoms with Gasteiger partial charge in [-0.25, -0.2) is 13.2 Å². The Morgan fingerprint density at radius 1 is 0.842 bits per heavy atom. The Morgan fingerprint density at radius 3 is 2.32 bits per heavy atom. The third-order valence-electron chi connectivity index (χ3n) is 6.28. The molecule has 0 aliphatic heterocycles. The largest absolute Gasteiger partial charge is 0.492 e. The molecular weight excluding hydrogens is 501 g/mol. The number of nitrogens with zero attached hydrogens (tertiary/aromatic N) is 1. The van der Waals surface area contributed by atoms with Gasteiger partial charge >= 0.3 is 6.61 Å². The van der Waals surface area contributed by atoms with E-state index in [-0.39, 0.29) is 18.4 Å². The highest BCUT2D eigenvalue weighted by Gasteiger charge is 2.17. The summed E-state index contributed by atoms with van der Waals surface area (Å²) >= 11 is 0. The maximum atomic E-state index is 15.2. The van der Waals surface area contributed by atoms with Crippen LogP contribution in [-0.4, -0.2) is 18.2 Å². The molecule has 200 valence electrons. The Hall–Kier alpha value is -3.68. The standard InChI is InChI=1S/C30H28F5NO2/c1-2-3-4-5-14-37-23-11-13-27(36-18-23)22-10-12-24-21(17-22)9-8-20(28(24)33)7-6-19-15-25(31)29(26(32)16-19)38-30(34)35/h8-13,15-18,30H,2-7,14H2,1H3. The van der Waals surface area contributed by atoms with Gasteiger partial charge < -0.3 is 9.47 Å². The van der Waals surface area contributed by atoms with Crippen LogP contribution in [0, 0.1) is 17.5 Å². The SMILES string of the molecule is CCCCCCOc1ccc(-c2ccc3c(F)c(CCc4cc(F)c(OC(F)F)c(F)c4)ccc3c2)nc1. The first-order valence-electron chi connectivity index (χ1n) is 12.6. The Morgan fingerprint density at radius 2 is 1.63 bits per heavy atom. The number of fused-ring (bicyclic) bond motifs is 1. The van der Waals surface area contributed by atoms with Crippen molar-refractivity contribution in [2.24, 2.45) is 0 Å². The van der Waals surface area contributed by atoms with E-state index in [0.29, 0.717) is 28.7 Å². The second kappa shape index (κ2) is 12.7. The van der Waals surface area contributed by atoms with Gasteiger partial charge in [0.15, 0.2) is 17.4 Å². The predicted octanol–water partition coefficient (Wildman–Crippen LogP) is 8.66. The average Bonchev–Trinajstić information content (AvgIpc) is 2.90. The highest BCUT2D eigenvalue weighted by molar-refractivity contribution is 5.88. The van der Waals surface area contributed by atoms with Crippen molar-refractivity contribution in [2.45, 2.75) is 52.1 Å². The van der Waals surface area contributed by atoms with Crippen molar-refractivity contribution in [2.75, 3.05) is 6.61 Å². The van der Waals surface area contributed by atoms with E-state index in [1.165, 1.54) is 12.8 Å². The van der Waals surface area contributed by atoms with E-state index in [1.807, 2.05) is 18.2 Å². The number of pyridine rings is 1. The summed E-state index contributed by atoms with van der Waals surface area (Å²) in [6.07, 6.45) is 6.47. The second-order valence-electron chi connectivity index (χ2n) is 9.03. The maximum Gasteiger partial charge on any atom is 0.387 e. The van der Waals surface area contributed by atoms with E-state index >= 15 is 4.39 Å². The lowest BCUT2D eigenvalue weighted by Crippen LogP contribution is -2.06. The van der Waals surface area contributed by atoms with Gasteiger partial charge in [-0.3, -0.25) is 4.98 Å². The summed E-state index contributed by atoms with van der Waals surface area (Å²) in [6.45, 7) is -0.524.